The Kier molecular flexibility index (Phi) is 5.92. The van der Waals surface area contributed by atoms with Crippen LogP contribution in [0.2, 0.25) is 0 Å². The van der Waals surface area contributed by atoms with Gasteiger partial charge in [0.2, 0.25) is 0 Å². The molecule has 0 heteroatoms. The van der Waals surface area contributed by atoms with E-state index in [0.29, 0.717) is 5.92 Å². The van der Waals surface area contributed by atoms with Crippen LogP contribution in [-0.2, 0) is 0 Å². The molecule has 0 saturated carbocycles. The van der Waals surface area contributed by atoms with Crippen LogP contribution in [0.15, 0.2) is 42.5 Å². The molecule has 0 N–H and O–H groups in total. The topological polar surface area (TPSA) is 0 Å². The summed E-state index contributed by atoms with van der Waals surface area (Å²) in [6, 6.07) is 10.8. The van der Waals surface area contributed by atoms with Gasteiger partial charge in [0.25, 0.3) is 0 Å². The fourth-order valence-electron chi connectivity index (χ4n) is 1.98. The predicted molar refractivity (Wildman–Crippen MR) is 72.7 cm³/mol. The highest BCUT2D eigenvalue weighted by Crippen LogP contribution is 2.27. The summed E-state index contributed by atoms with van der Waals surface area (Å²) in [5.41, 5.74) is 1.47. The van der Waals surface area contributed by atoms with Crippen molar-refractivity contribution in [1.29, 1.82) is 0 Å². The molecule has 0 spiro atoms. The third kappa shape index (κ3) is 4.22. The van der Waals surface area contributed by atoms with Crippen molar-refractivity contribution in [1.82, 2.24) is 0 Å². The number of hydrogen-bond acceptors (Lipinski definition) is 0. The van der Waals surface area contributed by atoms with E-state index in [1.165, 1.54) is 18.4 Å². The van der Waals surface area contributed by atoms with Gasteiger partial charge in [-0.3, -0.25) is 0 Å². The highest BCUT2D eigenvalue weighted by atomic mass is 14.2. The van der Waals surface area contributed by atoms with Crippen molar-refractivity contribution in [3.05, 3.63) is 48.0 Å². The molecule has 2 unspecified atom stereocenters. The van der Waals surface area contributed by atoms with Crippen LogP contribution in [0.3, 0.4) is 0 Å². The molecule has 0 amide bonds. The molecule has 0 bridgehead atoms. The van der Waals surface area contributed by atoms with Gasteiger partial charge >= 0.3 is 0 Å². The van der Waals surface area contributed by atoms with E-state index in [-0.39, 0.29) is 0 Å². The quantitative estimate of drug-likeness (QED) is 0.575. The van der Waals surface area contributed by atoms with Crippen LogP contribution in [0.5, 0.6) is 0 Å². The van der Waals surface area contributed by atoms with Gasteiger partial charge in [-0.25, -0.2) is 0 Å². The van der Waals surface area contributed by atoms with Crippen molar-refractivity contribution >= 4 is 0 Å². The summed E-state index contributed by atoms with van der Waals surface area (Å²) in [4.78, 5) is 0. The van der Waals surface area contributed by atoms with E-state index in [9.17, 15) is 0 Å². The van der Waals surface area contributed by atoms with E-state index < -0.39 is 0 Å². The van der Waals surface area contributed by atoms with Crippen molar-refractivity contribution in [3.63, 3.8) is 0 Å². The van der Waals surface area contributed by atoms with E-state index in [1.54, 1.807) is 0 Å². The lowest BCUT2D eigenvalue weighted by atomic mass is 9.86. The Hall–Kier alpha value is -1.04. The normalized spacial score (nSPS) is 15.2. The maximum Gasteiger partial charge on any atom is -0.0165 e. The van der Waals surface area contributed by atoms with Crippen molar-refractivity contribution < 1.29 is 0 Å². The van der Waals surface area contributed by atoms with Crippen LogP contribution >= 0.6 is 0 Å². The molecule has 1 rings (SSSR count). The highest BCUT2D eigenvalue weighted by Gasteiger charge is 2.12. The molecule has 0 aromatic heterocycles. The average Bonchev–Trinajstić information content (AvgIpc) is 2.34. The standard InChI is InChI=1S/C16H24/c1-4-5-6-8-11-14(2)15(3)16-12-9-7-10-13-16/h5-7,9-10,12-15H,4,8,11H2,1-3H3. The molecular weight excluding hydrogens is 192 g/mol. The summed E-state index contributed by atoms with van der Waals surface area (Å²) >= 11 is 0. The molecule has 2 atom stereocenters. The van der Waals surface area contributed by atoms with Gasteiger partial charge in [0, 0.05) is 0 Å². The maximum absolute atomic E-state index is 2.36. The zero-order chi connectivity index (χ0) is 11.8. The predicted octanol–water partition coefficient (Wildman–Crippen LogP) is 5.17. The number of benzene rings is 1. The van der Waals surface area contributed by atoms with Crippen molar-refractivity contribution in [2.45, 2.75) is 46.0 Å². The Morgan fingerprint density at radius 3 is 2.38 bits per heavy atom. The Morgan fingerprint density at radius 1 is 1.06 bits per heavy atom. The first-order chi connectivity index (χ1) is 7.75. The van der Waals surface area contributed by atoms with Gasteiger partial charge in [-0.15, -0.1) is 0 Å². The third-order valence-corrected chi connectivity index (χ3v) is 3.37. The molecule has 88 valence electrons. The van der Waals surface area contributed by atoms with Gasteiger partial charge in [-0.1, -0.05) is 63.3 Å². The van der Waals surface area contributed by atoms with Crippen LogP contribution in [0, 0.1) is 5.92 Å². The van der Waals surface area contributed by atoms with Gasteiger partial charge in [0.15, 0.2) is 0 Å². The molecule has 16 heavy (non-hydrogen) atoms. The lowest BCUT2D eigenvalue weighted by Gasteiger charge is -2.19. The fourth-order valence-corrected chi connectivity index (χ4v) is 1.98. The first kappa shape index (κ1) is 13.0. The lowest BCUT2D eigenvalue weighted by Crippen LogP contribution is -2.05. The summed E-state index contributed by atoms with van der Waals surface area (Å²) in [6.45, 7) is 6.88. The second kappa shape index (κ2) is 7.27. The number of rotatable bonds is 6. The van der Waals surface area contributed by atoms with Gasteiger partial charge in [-0.2, -0.15) is 0 Å². The van der Waals surface area contributed by atoms with E-state index in [4.69, 9.17) is 0 Å². The van der Waals surface area contributed by atoms with Crippen molar-refractivity contribution in [3.8, 4) is 0 Å². The van der Waals surface area contributed by atoms with Crippen LogP contribution in [0.1, 0.15) is 51.5 Å². The summed E-state index contributed by atoms with van der Waals surface area (Å²) in [6.07, 6.45) is 8.23. The summed E-state index contributed by atoms with van der Waals surface area (Å²) in [7, 11) is 0. The van der Waals surface area contributed by atoms with Crippen LogP contribution in [0.4, 0.5) is 0 Å². The molecule has 0 aliphatic carbocycles. The Morgan fingerprint density at radius 2 is 1.75 bits per heavy atom. The molecule has 1 aromatic rings. The average molecular weight is 216 g/mol. The van der Waals surface area contributed by atoms with E-state index in [0.717, 1.165) is 12.3 Å². The summed E-state index contributed by atoms with van der Waals surface area (Å²) in [5.74, 6) is 1.42. The fraction of sp³-hybridized carbons (Fsp3) is 0.500. The summed E-state index contributed by atoms with van der Waals surface area (Å²) < 4.78 is 0. The Bertz CT molecular complexity index is 297. The second-order valence-electron chi connectivity index (χ2n) is 4.63. The first-order valence-electron chi connectivity index (χ1n) is 6.45. The Balaban J connectivity index is 2.42. The minimum Gasteiger partial charge on any atom is -0.0888 e. The number of allylic oxidation sites excluding steroid dienone is 2. The largest absolute Gasteiger partial charge is 0.0888 e. The van der Waals surface area contributed by atoms with Crippen LogP contribution < -0.4 is 0 Å². The molecule has 0 fully saturated rings. The third-order valence-electron chi connectivity index (χ3n) is 3.37. The second-order valence-corrected chi connectivity index (χ2v) is 4.63. The minimum absolute atomic E-state index is 0.663. The molecule has 0 radical (unpaired) electrons. The maximum atomic E-state index is 2.36. The Labute approximate surface area is 100 Å². The summed E-state index contributed by atoms with van der Waals surface area (Å²) in [5, 5.41) is 0. The van der Waals surface area contributed by atoms with E-state index in [2.05, 4.69) is 63.3 Å². The molecule has 0 aliphatic heterocycles. The first-order valence-corrected chi connectivity index (χ1v) is 6.45. The van der Waals surface area contributed by atoms with Gasteiger partial charge in [0.1, 0.15) is 0 Å². The van der Waals surface area contributed by atoms with Gasteiger partial charge in [0.05, 0.1) is 0 Å². The smallest absolute Gasteiger partial charge is 0.0165 e. The molecule has 0 saturated heterocycles. The zero-order valence-corrected chi connectivity index (χ0v) is 10.8. The van der Waals surface area contributed by atoms with Crippen LogP contribution in [0.25, 0.3) is 0 Å². The SMILES string of the molecule is CCC=CCCC(C)C(C)c1ccccc1. The molecule has 0 heterocycles. The molecular formula is C16H24. The van der Waals surface area contributed by atoms with Crippen molar-refractivity contribution in [2.75, 3.05) is 0 Å². The lowest BCUT2D eigenvalue weighted by molar-refractivity contribution is 0.457. The van der Waals surface area contributed by atoms with Crippen LogP contribution in [-0.4, -0.2) is 0 Å². The number of hydrogen-bond donors (Lipinski definition) is 0. The van der Waals surface area contributed by atoms with E-state index >= 15 is 0 Å². The monoisotopic (exact) mass is 216 g/mol. The van der Waals surface area contributed by atoms with Gasteiger partial charge in [-0.05, 0) is 36.7 Å². The molecule has 0 nitrogen and oxygen atoms in total. The highest BCUT2D eigenvalue weighted by molar-refractivity contribution is 5.19. The van der Waals surface area contributed by atoms with Gasteiger partial charge < -0.3 is 0 Å². The zero-order valence-electron chi connectivity index (χ0n) is 10.8. The van der Waals surface area contributed by atoms with E-state index in [1.807, 2.05) is 0 Å². The molecule has 0 aliphatic rings. The molecule has 1 aromatic carbocycles. The minimum atomic E-state index is 0.663. The van der Waals surface area contributed by atoms with Crippen molar-refractivity contribution in [2.24, 2.45) is 5.92 Å².